The van der Waals surface area contributed by atoms with Crippen LogP contribution in [-0.4, -0.2) is 43.3 Å². The maximum Gasteiger partial charge on any atom is 0.203 e. The number of anilines is 1. The lowest BCUT2D eigenvalue weighted by Gasteiger charge is -2.20. The van der Waals surface area contributed by atoms with Gasteiger partial charge < -0.3 is 15.2 Å². The number of hydrogen-bond donors (Lipinski definition) is 1. The zero-order valence-corrected chi connectivity index (χ0v) is 12.0. The van der Waals surface area contributed by atoms with Crippen LogP contribution in [0, 0.1) is 0 Å². The molecule has 0 bridgehead atoms. The first-order chi connectivity index (χ1) is 9.55. The van der Waals surface area contributed by atoms with Crippen LogP contribution in [0.3, 0.4) is 0 Å². The normalized spacial score (nSPS) is 31.8. The highest BCUT2D eigenvalue weighted by atomic mass is 32.2. The van der Waals surface area contributed by atoms with Crippen molar-refractivity contribution in [3.63, 3.8) is 0 Å². The Balaban J connectivity index is 1.75. The molecule has 4 heterocycles. The van der Waals surface area contributed by atoms with Gasteiger partial charge in [-0.15, -0.1) is 22.0 Å². The molecule has 4 rings (SSSR count). The Kier molecular flexibility index (Phi) is 2.51. The van der Waals surface area contributed by atoms with Crippen molar-refractivity contribution in [3.05, 3.63) is 18.2 Å². The van der Waals surface area contributed by atoms with Crippen molar-refractivity contribution < 1.29 is 9.47 Å². The Morgan fingerprint density at radius 1 is 1.40 bits per heavy atom. The molecule has 2 aliphatic heterocycles. The summed E-state index contributed by atoms with van der Waals surface area (Å²) in [7, 11) is 0. The van der Waals surface area contributed by atoms with Crippen LogP contribution < -0.4 is 5.73 Å². The summed E-state index contributed by atoms with van der Waals surface area (Å²) >= 11 is 1.78. The predicted octanol–water partition coefficient (Wildman–Crippen LogP) is 1.01. The van der Waals surface area contributed by atoms with Crippen molar-refractivity contribution in [1.82, 2.24) is 19.6 Å². The van der Waals surface area contributed by atoms with Gasteiger partial charge in [-0.25, -0.2) is 4.98 Å². The van der Waals surface area contributed by atoms with Crippen molar-refractivity contribution in [3.8, 4) is 0 Å². The van der Waals surface area contributed by atoms with E-state index >= 15 is 0 Å². The van der Waals surface area contributed by atoms with Crippen LogP contribution in [0.15, 0.2) is 12.4 Å². The average molecular weight is 293 g/mol. The van der Waals surface area contributed by atoms with E-state index in [2.05, 4.69) is 15.2 Å². The number of hydrogen-bond acceptors (Lipinski definition) is 7. The van der Waals surface area contributed by atoms with Crippen molar-refractivity contribution in [1.29, 1.82) is 0 Å². The van der Waals surface area contributed by atoms with Gasteiger partial charge in [0.25, 0.3) is 0 Å². The van der Waals surface area contributed by atoms with Crippen LogP contribution in [-0.2, 0) is 9.47 Å². The fourth-order valence-electron chi connectivity index (χ4n) is 2.82. The van der Waals surface area contributed by atoms with E-state index in [-0.39, 0.29) is 17.5 Å². The van der Waals surface area contributed by atoms with Crippen molar-refractivity contribution >= 4 is 23.2 Å². The van der Waals surface area contributed by atoms with Crippen molar-refractivity contribution in [2.45, 2.75) is 37.1 Å². The Labute approximate surface area is 119 Å². The lowest BCUT2D eigenvalue weighted by molar-refractivity contribution is -0.145. The number of fused-ring (bicyclic) bond motifs is 2. The number of ether oxygens (including phenoxy) is 2. The summed E-state index contributed by atoms with van der Waals surface area (Å²) in [5.74, 6) is 1.59. The van der Waals surface area contributed by atoms with E-state index in [1.54, 1.807) is 18.0 Å². The molecule has 8 heteroatoms. The lowest BCUT2D eigenvalue weighted by Crippen LogP contribution is -2.24. The standard InChI is InChI=1S/C12H15N5O2S/c1-12(2)18-6-5-20-8(7(6)19-12)10-15-16-11-9(13)14-3-4-17(10)11/h3-4,6-8H,5H2,1-2H3,(H2,13,14)/t6?,7?,8-/m1/s1. The topological polar surface area (TPSA) is 87.6 Å². The highest BCUT2D eigenvalue weighted by Gasteiger charge is 2.51. The molecule has 3 atom stereocenters. The Morgan fingerprint density at radius 3 is 3.10 bits per heavy atom. The number of rotatable bonds is 1. The molecule has 7 nitrogen and oxygen atoms in total. The van der Waals surface area contributed by atoms with Gasteiger partial charge >= 0.3 is 0 Å². The van der Waals surface area contributed by atoms with E-state index in [1.807, 2.05) is 24.4 Å². The Bertz CT molecular complexity index is 673. The van der Waals surface area contributed by atoms with Crippen LogP contribution in [0.4, 0.5) is 5.82 Å². The summed E-state index contributed by atoms with van der Waals surface area (Å²) in [4.78, 5) is 4.03. The van der Waals surface area contributed by atoms with Gasteiger partial charge in [0.15, 0.2) is 17.4 Å². The van der Waals surface area contributed by atoms with Gasteiger partial charge in [0, 0.05) is 18.1 Å². The van der Waals surface area contributed by atoms with E-state index in [1.165, 1.54) is 0 Å². The zero-order valence-electron chi connectivity index (χ0n) is 11.2. The Hall–Kier alpha value is -1.38. The average Bonchev–Trinajstić information content (AvgIpc) is 3.01. The van der Waals surface area contributed by atoms with Crippen LogP contribution in [0.2, 0.25) is 0 Å². The van der Waals surface area contributed by atoms with Gasteiger partial charge in [-0.3, -0.25) is 4.40 Å². The molecular formula is C12H15N5O2S. The summed E-state index contributed by atoms with van der Waals surface area (Å²) in [5.41, 5.74) is 6.41. The third-order valence-electron chi connectivity index (χ3n) is 3.60. The minimum atomic E-state index is -0.532. The highest BCUT2D eigenvalue weighted by Crippen LogP contribution is 2.48. The summed E-state index contributed by atoms with van der Waals surface area (Å²) in [6, 6.07) is 0. The van der Waals surface area contributed by atoms with Gasteiger partial charge in [-0.2, -0.15) is 0 Å². The van der Waals surface area contributed by atoms with Crippen LogP contribution in [0.25, 0.3) is 5.65 Å². The second kappa shape index (κ2) is 4.06. The molecule has 0 amide bonds. The zero-order chi connectivity index (χ0) is 13.9. The molecular weight excluding hydrogens is 278 g/mol. The van der Waals surface area contributed by atoms with Gasteiger partial charge in [-0.1, -0.05) is 0 Å². The first kappa shape index (κ1) is 12.4. The molecule has 2 saturated heterocycles. The molecule has 0 aliphatic carbocycles. The summed E-state index contributed by atoms with van der Waals surface area (Å²) in [6.45, 7) is 3.88. The molecule has 20 heavy (non-hydrogen) atoms. The number of nitrogens with two attached hydrogens (primary N) is 1. The molecule has 2 aromatic heterocycles. The summed E-state index contributed by atoms with van der Waals surface area (Å²) < 4.78 is 13.8. The fraction of sp³-hybridized carbons (Fsp3) is 0.583. The monoisotopic (exact) mass is 293 g/mol. The van der Waals surface area contributed by atoms with Gasteiger partial charge in [0.1, 0.15) is 6.10 Å². The second-order valence-corrected chi connectivity index (χ2v) is 6.63. The Morgan fingerprint density at radius 2 is 2.25 bits per heavy atom. The van der Waals surface area contributed by atoms with Crippen molar-refractivity contribution in [2.75, 3.05) is 11.5 Å². The van der Waals surface area contributed by atoms with Gasteiger partial charge in [0.2, 0.25) is 5.65 Å². The number of nitrogens with zero attached hydrogens (tertiary/aromatic N) is 4. The highest BCUT2D eigenvalue weighted by molar-refractivity contribution is 7.99. The van der Waals surface area contributed by atoms with E-state index < -0.39 is 5.79 Å². The maximum absolute atomic E-state index is 6.02. The van der Waals surface area contributed by atoms with E-state index in [0.717, 1.165) is 11.6 Å². The fourth-order valence-corrected chi connectivity index (χ4v) is 4.21. The smallest absolute Gasteiger partial charge is 0.203 e. The van der Waals surface area contributed by atoms with Crippen LogP contribution in [0.5, 0.6) is 0 Å². The number of thioether (sulfide) groups is 1. The van der Waals surface area contributed by atoms with Crippen LogP contribution in [0.1, 0.15) is 24.9 Å². The molecule has 2 aliphatic rings. The van der Waals surface area contributed by atoms with E-state index in [0.29, 0.717) is 11.5 Å². The lowest BCUT2D eigenvalue weighted by atomic mass is 10.1. The third kappa shape index (κ3) is 1.72. The molecule has 0 aromatic carbocycles. The van der Waals surface area contributed by atoms with E-state index in [9.17, 15) is 0 Å². The number of aromatic nitrogens is 4. The molecule has 2 unspecified atom stereocenters. The molecule has 2 aromatic rings. The second-order valence-electron chi connectivity index (χ2n) is 5.46. The minimum absolute atomic E-state index is 0.00297. The number of nitrogen functional groups attached to an aromatic ring is 1. The largest absolute Gasteiger partial charge is 0.381 e. The molecule has 0 spiro atoms. The van der Waals surface area contributed by atoms with Crippen LogP contribution >= 0.6 is 11.8 Å². The van der Waals surface area contributed by atoms with Gasteiger partial charge in [0.05, 0.1) is 11.4 Å². The van der Waals surface area contributed by atoms with E-state index in [4.69, 9.17) is 15.2 Å². The predicted molar refractivity (Wildman–Crippen MR) is 74.2 cm³/mol. The quantitative estimate of drug-likeness (QED) is 0.839. The first-order valence-electron chi connectivity index (χ1n) is 6.47. The molecule has 106 valence electrons. The SMILES string of the molecule is CC1(C)OC2CS[C@@H](c3nnc4c(N)nccn34)C2O1. The molecule has 2 N–H and O–H groups in total. The third-order valence-corrected chi connectivity index (χ3v) is 4.95. The van der Waals surface area contributed by atoms with Gasteiger partial charge in [-0.05, 0) is 13.8 Å². The summed E-state index contributed by atoms with van der Waals surface area (Å²) in [6.07, 6.45) is 3.58. The summed E-state index contributed by atoms with van der Waals surface area (Å²) in [5, 5.41) is 8.51. The molecule has 0 saturated carbocycles. The molecule has 0 radical (unpaired) electrons. The minimum Gasteiger partial charge on any atom is -0.381 e. The maximum atomic E-state index is 6.02. The molecule has 2 fully saturated rings. The first-order valence-corrected chi connectivity index (χ1v) is 7.52. The van der Waals surface area contributed by atoms with Crippen molar-refractivity contribution in [2.24, 2.45) is 0 Å².